The Morgan fingerprint density at radius 1 is 1.50 bits per heavy atom. The molecule has 76 valence electrons. The van der Waals surface area contributed by atoms with Gasteiger partial charge in [-0.3, -0.25) is 10.1 Å². The van der Waals surface area contributed by atoms with Gasteiger partial charge in [0.05, 0.1) is 15.5 Å². The first-order chi connectivity index (χ1) is 6.52. The molecular formula is C9H10BrNO3. The zero-order valence-corrected chi connectivity index (χ0v) is 9.45. The minimum Gasteiger partial charge on any atom is -0.483 e. The van der Waals surface area contributed by atoms with E-state index >= 15 is 0 Å². The predicted octanol–water partition coefficient (Wildman–Crippen LogP) is 3.14. The van der Waals surface area contributed by atoms with Crippen LogP contribution in [0.15, 0.2) is 22.7 Å². The van der Waals surface area contributed by atoms with Crippen molar-refractivity contribution in [2.24, 2.45) is 0 Å². The normalized spacial score (nSPS) is 10.3. The zero-order valence-electron chi connectivity index (χ0n) is 7.86. The number of para-hydroxylation sites is 1. The summed E-state index contributed by atoms with van der Waals surface area (Å²) in [6, 6.07) is 4.74. The van der Waals surface area contributed by atoms with Crippen LogP contribution in [0, 0.1) is 10.1 Å². The summed E-state index contributed by atoms with van der Waals surface area (Å²) in [5.41, 5.74) is -0.0203. The highest BCUT2D eigenvalue weighted by Gasteiger charge is 2.18. The summed E-state index contributed by atoms with van der Waals surface area (Å²) < 4.78 is 5.95. The molecule has 4 nitrogen and oxygen atoms in total. The van der Waals surface area contributed by atoms with E-state index in [2.05, 4.69) is 15.9 Å². The van der Waals surface area contributed by atoms with Crippen LogP contribution < -0.4 is 4.74 Å². The number of nitrogens with zero attached hydrogens (tertiary/aromatic N) is 1. The summed E-state index contributed by atoms with van der Waals surface area (Å²) in [7, 11) is 0. The molecule has 0 saturated carbocycles. The molecule has 5 heteroatoms. The van der Waals surface area contributed by atoms with Gasteiger partial charge in [-0.15, -0.1) is 0 Å². The maximum absolute atomic E-state index is 10.7. The maximum atomic E-state index is 10.7. The average Bonchev–Trinajstić information content (AvgIpc) is 2.07. The lowest BCUT2D eigenvalue weighted by Crippen LogP contribution is -2.07. The van der Waals surface area contributed by atoms with Crippen LogP contribution in [-0.4, -0.2) is 11.0 Å². The molecule has 0 bridgehead atoms. The number of hydrogen-bond acceptors (Lipinski definition) is 3. The van der Waals surface area contributed by atoms with Crippen molar-refractivity contribution in [2.45, 2.75) is 20.0 Å². The molecule has 0 aromatic heterocycles. The molecule has 0 radical (unpaired) electrons. The number of nitro benzene ring substituents is 1. The molecule has 0 heterocycles. The Morgan fingerprint density at radius 2 is 2.14 bits per heavy atom. The van der Waals surface area contributed by atoms with Crippen LogP contribution in [0.2, 0.25) is 0 Å². The Kier molecular flexibility index (Phi) is 3.46. The molecule has 0 amide bonds. The van der Waals surface area contributed by atoms with Crippen molar-refractivity contribution >= 4 is 21.6 Å². The van der Waals surface area contributed by atoms with E-state index in [1.165, 1.54) is 6.07 Å². The van der Waals surface area contributed by atoms with Crippen molar-refractivity contribution in [1.29, 1.82) is 0 Å². The summed E-state index contributed by atoms with van der Waals surface area (Å²) in [4.78, 5) is 10.2. The minimum absolute atomic E-state index is 0.0203. The summed E-state index contributed by atoms with van der Waals surface area (Å²) in [5.74, 6) is 0.285. The topological polar surface area (TPSA) is 52.4 Å². The van der Waals surface area contributed by atoms with Gasteiger partial charge in [-0.05, 0) is 35.8 Å². The average molecular weight is 260 g/mol. The molecule has 0 fully saturated rings. The second kappa shape index (κ2) is 4.41. The lowest BCUT2D eigenvalue weighted by Gasteiger charge is -2.10. The summed E-state index contributed by atoms with van der Waals surface area (Å²) in [6.45, 7) is 3.65. The molecule has 1 aromatic rings. The SMILES string of the molecule is CC(C)Oc1c(Br)cccc1[N+](=O)[O-]. The highest BCUT2D eigenvalue weighted by atomic mass is 79.9. The third-order valence-corrected chi connectivity index (χ3v) is 2.12. The molecule has 14 heavy (non-hydrogen) atoms. The molecule has 0 spiro atoms. The lowest BCUT2D eigenvalue weighted by molar-refractivity contribution is -0.386. The molecule has 0 unspecified atom stereocenters. The predicted molar refractivity (Wildman–Crippen MR) is 56.6 cm³/mol. The van der Waals surface area contributed by atoms with E-state index in [-0.39, 0.29) is 17.5 Å². The van der Waals surface area contributed by atoms with Crippen molar-refractivity contribution in [3.8, 4) is 5.75 Å². The highest BCUT2D eigenvalue weighted by Crippen LogP contribution is 2.35. The van der Waals surface area contributed by atoms with Crippen LogP contribution in [0.1, 0.15) is 13.8 Å². The van der Waals surface area contributed by atoms with E-state index in [1.54, 1.807) is 12.1 Å². The number of hydrogen-bond donors (Lipinski definition) is 0. The van der Waals surface area contributed by atoms with E-state index < -0.39 is 4.92 Å². The number of nitro groups is 1. The van der Waals surface area contributed by atoms with Gasteiger partial charge in [0.1, 0.15) is 0 Å². The van der Waals surface area contributed by atoms with E-state index in [9.17, 15) is 10.1 Å². The van der Waals surface area contributed by atoms with Gasteiger partial charge in [0.2, 0.25) is 5.75 Å². The number of benzene rings is 1. The standard InChI is InChI=1S/C9H10BrNO3/c1-6(2)14-9-7(10)4-3-5-8(9)11(12)13/h3-6H,1-2H3. The fourth-order valence-electron chi connectivity index (χ4n) is 0.994. The minimum atomic E-state index is -0.456. The third kappa shape index (κ3) is 2.45. The smallest absolute Gasteiger partial charge is 0.312 e. The van der Waals surface area contributed by atoms with Crippen molar-refractivity contribution in [3.05, 3.63) is 32.8 Å². The Morgan fingerprint density at radius 3 is 2.64 bits per heavy atom. The van der Waals surface area contributed by atoms with Crippen LogP contribution >= 0.6 is 15.9 Å². The van der Waals surface area contributed by atoms with E-state index in [4.69, 9.17) is 4.74 Å². The second-order valence-electron chi connectivity index (χ2n) is 3.01. The van der Waals surface area contributed by atoms with Crippen LogP contribution in [0.5, 0.6) is 5.75 Å². The van der Waals surface area contributed by atoms with Crippen LogP contribution in [0.4, 0.5) is 5.69 Å². The molecule has 0 atom stereocenters. The number of rotatable bonds is 3. The van der Waals surface area contributed by atoms with Gasteiger partial charge in [-0.25, -0.2) is 0 Å². The fraction of sp³-hybridized carbons (Fsp3) is 0.333. The summed E-state index contributed by atoms with van der Waals surface area (Å²) >= 11 is 3.21. The maximum Gasteiger partial charge on any atom is 0.312 e. The Hall–Kier alpha value is -1.10. The van der Waals surface area contributed by atoms with Crippen molar-refractivity contribution in [1.82, 2.24) is 0 Å². The molecule has 0 aliphatic carbocycles. The molecule has 0 aliphatic heterocycles. The van der Waals surface area contributed by atoms with Crippen molar-refractivity contribution < 1.29 is 9.66 Å². The van der Waals surface area contributed by atoms with E-state index in [0.717, 1.165) is 0 Å². The first-order valence-corrected chi connectivity index (χ1v) is 4.91. The van der Waals surface area contributed by atoms with Gasteiger partial charge in [-0.1, -0.05) is 6.07 Å². The highest BCUT2D eigenvalue weighted by molar-refractivity contribution is 9.10. The van der Waals surface area contributed by atoms with Gasteiger partial charge in [0, 0.05) is 6.07 Å². The molecule has 0 saturated heterocycles. The Balaban J connectivity index is 3.15. The summed E-state index contributed by atoms with van der Waals surface area (Å²) in [5, 5.41) is 10.7. The lowest BCUT2D eigenvalue weighted by atomic mass is 10.3. The fourth-order valence-corrected chi connectivity index (χ4v) is 1.44. The largest absolute Gasteiger partial charge is 0.483 e. The Bertz CT molecular complexity index is 352. The van der Waals surface area contributed by atoms with Crippen molar-refractivity contribution in [2.75, 3.05) is 0 Å². The quantitative estimate of drug-likeness (QED) is 0.619. The zero-order chi connectivity index (χ0) is 10.7. The first-order valence-electron chi connectivity index (χ1n) is 4.12. The van der Waals surface area contributed by atoms with Gasteiger partial charge < -0.3 is 4.74 Å². The van der Waals surface area contributed by atoms with Crippen LogP contribution in [0.3, 0.4) is 0 Å². The van der Waals surface area contributed by atoms with Crippen LogP contribution in [-0.2, 0) is 0 Å². The van der Waals surface area contributed by atoms with Gasteiger partial charge >= 0.3 is 5.69 Å². The molecule has 1 aromatic carbocycles. The molecule has 1 rings (SSSR count). The van der Waals surface area contributed by atoms with E-state index in [0.29, 0.717) is 4.47 Å². The number of halogens is 1. The van der Waals surface area contributed by atoms with Crippen molar-refractivity contribution in [3.63, 3.8) is 0 Å². The Labute approximate surface area is 90.2 Å². The van der Waals surface area contributed by atoms with Gasteiger partial charge in [0.25, 0.3) is 0 Å². The van der Waals surface area contributed by atoms with Gasteiger partial charge in [-0.2, -0.15) is 0 Å². The third-order valence-electron chi connectivity index (χ3n) is 1.50. The van der Waals surface area contributed by atoms with Gasteiger partial charge in [0.15, 0.2) is 0 Å². The van der Waals surface area contributed by atoms with E-state index in [1.807, 2.05) is 13.8 Å². The summed E-state index contributed by atoms with van der Waals surface area (Å²) in [6.07, 6.45) is -0.0904. The molecule has 0 N–H and O–H groups in total. The second-order valence-corrected chi connectivity index (χ2v) is 3.87. The van der Waals surface area contributed by atoms with Crippen LogP contribution in [0.25, 0.3) is 0 Å². The molecular weight excluding hydrogens is 250 g/mol. The number of ether oxygens (including phenoxy) is 1. The molecule has 0 aliphatic rings. The monoisotopic (exact) mass is 259 g/mol. The first kappa shape index (κ1) is 11.0.